The number of rotatable bonds is 3. The number of benzene rings is 1. The Morgan fingerprint density at radius 2 is 2.08 bits per heavy atom. The molecule has 0 unspecified atom stereocenters. The van der Waals surface area contributed by atoms with Gasteiger partial charge in [-0.2, -0.15) is 5.10 Å². The van der Waals surface area contributed by atoms with Gasteiger partial charge in [-0.05, 0) is 18.2 Å². The smallest absolute Gasteiger partial charge is 0.267 e. The van der Waals surface area contributed by atoms with Crippen molar-refractivity contribution < 1.29 is 4.79 Å². The third-order valence-electron chi connectivity index (χ3n) is 3.41. The second-order valence-corrected chi connectivity index (χ2v) is 6.34. The van der Waals surface area contributed by atoms with Crippen LogP contribution >= 0.6 is 22.9 Å². The van der Waals surface area contributed by atoms with Crippen molar-refractivity contribution in [2.24, 2.45) is 0 Å². The van der Waals surface area contributed by atoms with Crippen molar-refractivity contribution in [3.8, 4) is 5.82 Å². The summed E-state index contributed by atoms with van der Waals surface area (Å²) >= 11 is 7.72. The Morgan fingerprint density at radius 3 is 2.88 bits per heavy atom. The van der Waals surface area contributed by atoms with Crippen LogP contribution in [0.15, 0.2) is 55.2 Å². The summed E-state index contributed by atoms with van der Waals surface area (Å²) in [5.74, 6) is 0.205. The first kappa shape index (κ1) is 14.8. The van der Waals surface area contributed by atoms with E-state index in [0.29, 0.717) is 21.4 Å². The zero-order chi connectivity index (χ0) is 16.5. The van der Waals surface area contributed by atoms with E-state index in [4.69, 9.17) is 11.6 Å². The van der Waals surface area contributed by atoms with Gasteiger partial charge in [0.1, 0.15) is 17.5 Å². The Bertz CT molecular complexity index is 1030. The van der Waals surface area contributed by atoms with E-state index in [0.717, 1.165) is 10.1 Å². The molecule has 4 rings (SSSR count). The lowest BCUT2D eigenvalue weighted by Crippen LogP contribution is -2.14. The molecule has 118 valence electrons. The minimum absolute atomic E-state index is 0.282. The number of carbonyl (C=O) groups excluding carboxylic acids is 1. The van der Waals surface area contributed by atoms with Gasteiger partial charge in [0.15, 0.2) is 5.82 Å². The van der Waals surface area contributed by atoms with Crippen LogP contribution in [0, 0.1) is 0 Å². The monoisotopic (exact) mass is 355 g/mol. The molecule has 0 aliphatic carbocycles. The number of thiophene rings is 1. The summed E-state index contributed by atoms with van der Waals surface area (Å²) in [5, 5.41) is 8.23. The third-order valence-corrected chi connectivity index (χ3v) is 5.09. The fraction of sp³-hybridized carbons (Fsp3) is 0. The number of amides is 1. The van der Waals surface area contributed by atoms with Crippen molar-refractivity contribution >= 4 is 44.6 Å². The molecule has 0 saturated carbocycles. The predicted octanol–water partition coefficient (Wildman–Crippen LogP) is 3.78. The Balaban J connectivity index is 1.71. The molecule has 0 radical (unpaired) electrons. The van der Waals surface area contributed by atoms with Gasteiger partial charge < -0.3 is 5.32 Å². The maximum Gasteiger partial charge on any atom is 0.267 e. The van der Waals surface area contributed by atoms with Gasteiger partial charge in [-0.1, -0.05) is 29.8 Å². The van der Waals surface area contributed by atoms with E-state index < -0.39 is 0 Å². The maximum absolute atomic E-state index is 12.7. The van der Waals surface area contributed by atoms with Crippen LogP contribution in [0.3, 0.4) is 0 Å². The molecule has 1 amide bonds. The zero-order valence-corrected chi connectivity index (χ0v) is 13.8. The first-order valence-electron chi connectivity index (χ1n) is 7.02. The Morgan fingerprint density at radius 1 is 1.21 bits per heavy atom. The highest BCUT2D eigenvalue weighted by molar-refractivity contribution is 7.21. The van der Waals surface area contributed by atoms with E-state index >= 15 is 0 Å². The summed E-state index contributed by atoms with van der Waals surface area (Å²) in [6.45, 7) is 0. The normalized spacial score (nSPS) is 10.9. The van der Waals surface area contributed by atoms with Crippen LogP contribution in [-0.2, 0) is 0 Å². The molecule has 0 bridgehead atoms. The number of fused-ring (bicyclic) bond motifs is 1. The van der Waals surface area contributed by atoms with Gasteiger partial charge in [0, 0.05) is 16.3 Å². The predicted molar refractivity (Wildman–Crippen MR) is 93.9 cm³/mol. The molecule has 6 nitrogen and oxygen atoms in total. The summed E-state index contributed by atoms with van der Waals surface area (Å²) in [6.07, 6.45) is 4.55. The summed E-state index contributed by atoms with van der Waals surface area (Å²) in [5.41, 5.74) is 0.529. The van der Waals surface area contributed by atoms with E-state index in [2.05, 4.69) is 20.4 Å². The van der Waals surface area contributed by atoms with Crippen LogP contribution in [0.5, 0.6) is 0 Å². The largest absolute Gasteiger partial charge is 0.318 e. The van der Waals surface area contributed by atoms with Gasteiger partial charge >= 0.3 is 0 Å². The number of aromatic nitrogens is 4. The van der Waals surface area contributed by atoms with E-state index in [1.54, 1.807) is 18.3 Å². The van der Waals surface area contributed by atoms with E-state index in [1.165, 1.54) is 28.7 Å². The molecule has 0 aliphatic rings. The number of nitrogens with zero attached hydrogens (tertiary/aromatic N) is 4. The number of halogens is 1. The fourth-order valence-electron chi connectivity index (χ4n) is 2.33. The van der Waals surface area contributed by atoms with Crippen molar-refractivity contribution in [1.82, 2.24) is 19.7 Å². The van der Waals surface area contributed by atoms with Gasteiger partial charge in [0.05, 0.1) is 10.7 Å². The molecule has 3 aromatic heterocycles. The van der Waals surface area contributed by atoms with Crippen LogP contribution in [0.4, 0.5) is 5.69 Å². The highest BCUT2D eigenvalue weighted by Gasteiger charge is 2.18. The summed E-state index contributed by atoms with van der Waals surface area (Å²) in [6, 6.07) is 11.1. The Kier molecular flexibility index (Phi) is 3.72. The Labute approximate surface area is 145 Å². The van der Waals surface area contributed by atoms with Gasteiger partial charge in [-0.3, -0.25) is 4.79 Å². The third kappa shape index (κ3) is 2.53. The Hall–Kier alpha value is -2.77. The lowest BCUT2D eigenvalue weighted by Gasteiger charge is -2.08. The molecule has 4 aromatic rings. The van der Waals surface area contributed by atoms with Crippen LogP contribution in [0.2, 0.25) is 5.02 Å². The summed E-state index contributed by atoms with van der Waals surface area (Å²) < 4.78 is 2.46. The van der Waals surface area contributed by atoms with Gasteiger partial charge in [-0.15, -0.1) is 11.3 Å². The van der Waals surface area contributed by atoms with Crippen LogP contribution in [0.25, 0.3) is 15.9 Å². The van der Waals surface area contributed by atoms with Gasteiger partial charge in [-0.25, -0.2) is 14.6 Å². The van der Waals surface area contributed by atoms with Crippen LogP contribution in [-0.4, -0.2) is 25.7 Å². The van der Waals surface area contributed by atoms with Crippen molar-refractivity contribution in [3.05, 3.63) is 65.1 Å². The standard InChI is InChI=1S/C16H10ClN5OS/c17-13-10-4-1-2-6-12(10)24-14(13)16(23)21-11-5-3-7-19-15(11)22-9-18-8-20-22/h1-9H,(H,21,23). The second-order valence-electron chi connectivity index (χ2n) is 4.91. The number of pyridine rings is 1. The number of nitrogens with one attached hydrogen (secondary N) is 1. The second kappa shape index (κ2) is 6.03. The number of hydrogen-bond acceptors (Lipinski definition) is 5. The van der Waals surface area contributed by atoms with Crippen LogP contribution in [0.1, 0.15) is 9.67 Å². The number of anilines is 1. The molecular weight excluding hydrogens is 346 g/mol. The molecule has 1 N–H and O–H groups in total. The molecule has 0 spiro atoms. The average Bonchev–Trinajstić information content (AvgIpc) is 3.24. The average molecular weight is 356 g/mol. The van der Waals surface area contributed by atoms with E-state index in [1.807, 2.05) is 24.3 Å². The summed E-state index contributed by atoms with van der Waals surface area (Å²) in [7, 11) is 0. The lowest BCUT2D eigenvalue weighted by molar-refractivity contribution is 0.103. The molecule has 0 fully saturated rings. The molecule has 8 heteroatoms. The molecule has 1 aromatic carbocycles. The number of hydrogen-bond donors (Lipinski definition) is 1. The number of carbonyl (C=O) groups is 1. The van der Waals surface area contributed by atoms with Gasteiger partial charge in [0.25, 0.3) is 5.91 Å². The molecule has 0 atom stereocenters. The minimum Gasteiger partial charge on any atom is -0.318 e. The molecule has 0 saturated heterocycles. The molecular formula is C16H10ClN5OS. The highest BCUT2D eigenvalue weighted by Crippen LogP contribution is 2.35. The first-order valence-corrected chi connectivity index (χ1v) is 8.22. The zero-order valence-electron chi connectivity index (χ0n) is 12.2. The topological polar surface area (TPSA) is 72.7 Å². The van der Waals surface area contributed by atoms with E-state index in [9.17, 15) is 4.79 Å². The quantitative estimate of drug-likeness (QED) is 0.607. The molecule has 24 heavy (non-hydrogen) atoms. The van der Waals surface area contributed by atoms with Crippen LogP contribution < -0.4 is 5.32 Å². The lowest BCUT2D eigenvalue weighted by atomic mass is 10.2. The van der Waals surface area contributed by atoms with Crippen molar-refractivity contribution in [3.63, 3.8) is 0 Å². The van der Waals surface area contributed by atoms with Gasteiger partial charge in [0.2, 0.25) is 0 Å². The van der Waals surface area contributed by atoms with Crippen molar-refractivity contribution in [2.45, 2.75) is 0 Å². The summed E-state index contributed by atoms with van der Waals surface area (Å²) in [4.78, 5) is 21.3. The fourth-order valence-corrected chi connectivity index (χ4v) is 3.75. The van der Waals surface area contributed by atoms with Crippen molar-refractivity contribution in [1.29, 1.82) is 0 Å². The maximum atomic E-state index is 12.7. The first-order chi connectivity index (χ1) is 11.7. The molecule has 0 aliphatic heterocycles. The minimum atomic E-state index is -0.282. The molecule has 3 heterocycles. The van der Waals surface area contributed by atoms with E-state index in [-0.39, 0.29) is 5.91 Å². The highest BCUT2D eigenvalue weighted by atomic mass is 35.5. The SMILES string of the molecule is O=C(Nc1cccnc1-n1cncn1)c1sc2ccccc2c1Cl. The van der Waals surface area contributed by atoms with Crippen molar-refractivity contribution in [2.75, 3.05) is 5.32 Å².